The Morgan fingerprint density at radius 3 is 2.54 bits per heavy atom. The molecule has 0 atom stereocenters. The van der Waals surface area contributed by atoms with E-state index >= 15 is 0 Å². The van der Waals surface area contributed by atoms with Gasteiger partial charge in [-0.25, -0.2) is 4.98 Å². The van der Waals surface area contributed by atoms with Gasteiger partial charge in [0.25, 0.3) is 5.91 Å². The SMILES string of the molecule is O=C(Nc1ccc2oc(-c3ccncc3)nc2c1)c1ccc(Cl)c(Cl)c1. The van der Waals surface area contributed by atoms with Crippen molar-refractivity contribution in [2.45, 2.75) is 0 Å². The van der Waals surface area contributed by atoms with E-state index in [9.17, 15) is 4.79 Å². The number of halogens is 2. The lowest BCUT2D eigenvalue weighted by Crippen LogP contribution is -2.11. The Morgan fingerprint density at radius 2 is 1.77 bits per heavy atom. The van der Waals surface area contributed by atoms with Gasteiger partial charge in [-0.1, -0.05) is 23.2 Å². The van der Waals surface area contributed by atoms with Crippen LogP contribution in [0.15, 0.2) is 65.3 Å². The van der Waals surface area contributed by atoms with Crippen LogP contribution in [0.25, 0.3) is 22.6 Å². The van der Waals surface area contributed by atoms with E-state index in [1.165, 1.54) is 6.07 Å². The van der Waals surface area contributed by atoms with Crippen LogP contribution in [0.1, 0.15) is 10.4 Å². The van der Waals surface area contributed by atoms with Crippen LogP contribution in [0, 0.1) is 0 Å². The van der Waals surface area contributed by atoms with E-state index in [1.807, 2.05) is 12.1 Å². The van der Waals surface area contributed by atoms with Crippen LogP contribution >= 0.6 is 23.2 Å². The van der Waals surface area contributed by atoms with Crippen LogP contribution in [-0.4, -0.2) is 15.9 Å². The Morgan fingerprint density at radius 1 is 0.962 bits per heavy atom. The number of hydrogen-bond donors (Lipinski definition) is 1. The highest BCUT2D eigenvalue weighted by Crippen LogP contribution is 2.27. The molecule has 0 saturated carbocycles. The van der Waals surface area contributed by atoms with Crippen LogP contribution in [0.5, 0.6) is 0 Å². The lowest BCUT2D eigenvalue weighted by molar-refractivity contribution is 0.102. The van der Waals surface area contributed by atoms with Crippen LogP contribution in [0.3, 0.4) is 0 Å². The van der Waals surface area contributed by atoms with Crippen molar-refractivity contribution in [2.24, 2.45) is 0 Å². The number of nitrogens with one attached hydrogen (secondary N) is 1. The van der Waals surface area contributed by atoms with Gasteiger partial charge in [0.05, 0.1) is 10.0 Å². The minimum Gasteiger partial charge on any atom is -0.436 e. The summed E-state index contributed by atoms with van der Waals surface area (Å²) in [6, 6.07) is 13.6. The first-order chi connectivity index (χ1) is 12.6. The average molecular weight is 384 g/mol. The van der Waals surface area contributed by atoms with Crippen molar-refractivity contribution in [1.82, 2.24) is 9.97 Å². The number of anilines is 1. The van der Waals surface area contributed by atoms with Gasteiger partial charge in [0.15, 0.2) is 5.58 Å². The maximum atomic E-state index is 12.4. The molecule has 26 heavy (non-hydrogen) atoms. The lowest BCUT2D eigenvalue weighted by atomic mass is 10.2. The molecule has 1 N–H and O–H groups in total. The molecular weight excluding hydrogens is 373 g/mol. The van der Waals surface area contributed by atoms with Gasteiger partial charge in [-0.05, 0) is 48.5 Å². The maximum absolute atomic E-state index is 12.4. The number of benzene rings is 2. The third-order valence-corrected chi connectivity index (χ3v) is 4.49. The average Bonchev–Trinajstić information content (AvgIpc) is 3.08. The highest BCUT2D eigenvalue weighted by Gasteiger charge is 2.12. The van der Waals surface area contributed by atoms with E-state index in [4.69, 9.17) is 27.6 Å². The predicted molar refractivity (Wildman–Crippen MR) is 102 cm³/mol. The molecule has 0 radical (unpaired) electrons. The molecule has 0 saturated heterocycles. The number of pyridine rings is 1. The molecule has 1 amide bonds. The quantitative estimate of drug-likeness (QED) is 0.510. The van der Waals surface area contributed by atoms with Crippen molar-refractivity contribution in [3.05, 3.63) is 76.5 Å². The summed E-state index contributed by atoms with van der Waals surface area (Å²) in [5.74, 6) is 0.205. The topological polar surface area (TPSA) is 68.0 Å². The fourth-order valence-electron chi connectivity index (χ4n) is 2.46. The molecule has 5 nitrogen and oxygen atoms in total. The van der Waals surface area contributed by atoms with E-state index in [1.54, 1.807) is 42.7 Å². The summed E-state index contributed by atoms with van der Waals surface area (Å²) in [6.07, 6.45) is 3.35. The van der Waals surface area contributed by atoms with Gasteiger partial charge in [-0.3, -0.25) is 9.78 Å². The number of nitrogens with zero attached hydrogens (tertiary/aromatic N) is 2. The van der Waals surface area contributed by atoms with Crippen LogP contribution in [0.2, 0.25) is 10.0 Å². The summed E-state index contributed by atoms with van der Waals surface area (Å²) in [5, 5.41) is 3.54. The molecule has 0 aliphatic rings. The molecule has 128 valence electrons. The minimum absolute atomic E-state index is 0.291. The van der Waals surface area contributed by atoms with E-state index in [2.05, 4.69) is 15.3 Å². The number of rotatable bonds is 3. The fourth-order valence-corrected chi connectivity index (χ4v) is 2.76. The molecule has 0 unspecified atom stereocenters. The monoisotopic (exact) mass is 383 g/mol. The lowest BCUT2D eigenvalue weighted by Gasteiger charge is -2.06. The van der Waals surface area contributed by atoms with Crippen molar-refractivity contribution < 1.29 is 9.21 Å². The molecule has 0 aliphatic carbocycles. The normalized spacial score (nSPS) is 10.8. The largest absolute Gasteiger partial charge is 0.436 e. The van der Waals surface area contributed by atoms with Crippen molar-refractivity contribution in [2.75, 3.05) is 5.32 Å². The molecule has 0 bridgehead atoms. The maximum Gasteiger partial charge on any atom is 0.255 e. The number of aromatic nitrogens is 2. The third-order valence-electron chi connectivity index (χ3n) is 3.75. The minimum atomic E-state index is -0.291. The van der Waals surface area contributed by atoms with E-state index in [-0.39, 0.29) is 5.91 Å². The molecular formula is C19H11Cl2N3O2. The summed E-state index contributed by atoms with van der Waals surface area (Å²) < 4.78 is 5.74. The zero-order valence-corrected chi connectivity index (χ0v) is 14.8. The Kier molecular flexibility index (Phi) is 4.32. The molecule has 0 aliphatic heterocycles. The number of oxazole rings is 1. The zero-order valence-electron chi connectivity index (χ0n) is 13.2. The number of carbonyl (C=O) groups excluding carboxylic acids is 1. The molecule has 4 aromatic rings. The Balaban J connectivity index is 1.61. The number of amides is 1. The fraction of sp³-hybridized carbons (Fsp3) is 0. The number of fused-ring (bicyclic) bond motifs is 1. The number of hydrogen-bond acceptors (Lipinski definition) is 4. The summed E-state index contributed by atoms with van der Waals surface area (Å²) in [6.45, 7) is 0. The molecule has 7 heteroatoms. The highest BCUT2D eigenvalue weighted by atomic mass is 35.5. The highest BCUT2D eigenvalue weighted by molar-refractivity contribution is 6.42. The Hall–Kier alpha value is -2.89. The molecule has 2 aromatic heterocycles. The first kappa shape index (κ1) is 16.6. The third kappa shape index (κ3) is 3.27. The van der Waals surface area contributed by atoms with Crippen LogP contribution < -0.4 is 5.32 Å². The van der Waals surface area contributed by atoms with Crippen molar-refractivity contribution in [3.8, 4) is 11.5 Å². The Bertz CT molecular complexity index is 1110. The van der Waals surface area contributed by atoms with Crippen LogP contribution in [0.4, 0.5) is 5.69 Å². The van der Waals surface area contributed by atoms with E-state index in [0.717, 1.165) is 5.56 Å². The summed E-state index contributed by atoms with van der Waals surface area (Å²) in [5.41, 5.74) is 3.12. The van der Waals surface area contributed by atoms with Crippen molar-refractivity contribution in [1.29, 1.82) is 0 Å². The summed E-state index contributed by atoms with van der Waals surface area (Å²) in [7, 11) is 0. The first-order valence-corrected chi connectivity index (χ1v) is 8.43. The second kappa shape index (κ2) is 6.78. The van der Waals surface area contributed by atoms with Gasteiger partial charge in [-0.2, -0.15) is 0 Å². The second-order valence-electron chi connectivity index (χ2n) is 5.52. The van der Waals surface area contributed by atoms with E-state index in [0.29, 0.717) is 38.3 Å². The molecule has 0 fully saturated rings. The molecule has 2 aromatic carbocycles. The van der Waals surface area contributed by atoms with Gasteiger partial charge in [0.2, 0.25) is 5.89 Å². The smallest absolute Gasteiger partial charge is 0.255 e. The summed E-state index contributed by atoms with van der Waals surface area (Å²) in [4.78, 5) is 20.8. The second-order valence-corrected chi connectivity index (χ2v) is 6.33. The first-order valence-electron chi connectivity index (χ1n) is 7.67. The van der Waals surface area contributed by atoms with Gasteiger partial charge < -0.3 is 9.73 Å². The molecule has 2 heterocycles. The van der Waals surface area contributed by atoms with Crippen molar-refractivity contribution in [3.63, 3.8) is 0 Å². The van der Waals surface area contributed by atoms with Gasteiger partial charge in [0, 0.05) is 29.2 Å². The van der Waals surface area contributed by atoms with Gasteiger partial charge in [0.1, 0.15) is 5.52 Å². The van der Waals surface area contributed by atoms with Gasteiger partial charge >= 0.3 is 0 Å². The van der Waals surface area contributed by atoms with Gasteiger partial charge in [-0.15, -0.1) is 0 Å². The Labute approximate surface area is 158 Å². The zero-order chi connectivity index (χ0) is 18.1. The summed E-state index contributed by atoms with van der Waals surface area (Å²) >= 11 is 11.8. The predicted octanol–water partition coefficient (Wildman–Crippen LogP) is 5.45. The molecule has 0 spiro atoms. The standard InChI is InChI=1S/C19H11Cl2N3O2/c20-14-3-1-12(9-15(14)21)18(25)23-13-2-4-17-16(10-13)24-19(26-17)11-5-7-22-8-6-11/h1-10H,(H,23,25). The number of carbonyl (C=O) groups is 1. The van der Waals surface area contributed by atoms with Crippen LogP contribution in [-0.2, 0) is 0 Å². The molecule has 4 rings (SSSR count). The van der Waals surface area contributed by atoms with E-state index < -0.39 is 0 Å². The van der Waals surface area contributed by atoms with Crippen molar-refractivity contribution >= 4 is 45.9 Å².